The number of anilines is 2. The largest absolute Gasteiger partial charge is 0.478 e. The summed E-state index contributed by atoms with van der Waals surface area (Å²) in [5, 5.41) is 0.382. The van der Waals surface area contributed by atoms with Crippen molar-refractivity contribution >= 4 is 34.3 Å². The second-order valence-corrected chi connectivity index (χ2v) is 7.22. The van der Waals surface area contributed by atoms with Crippen LogP contribution in [0.15, 0.2) is 51.7 Å². The van der Waals surface area contributed by atoms with E-state index >= 15 is 0 Å². The van der Waals surface area contributed by atoms with Gasteiger partial charge in [0.15, 0.2) is 11.5 Å². The van der Waals surface area contributed by atoms with Crippen molar-refractivity contribution in [1.29, 1.82) is 0 Å². The summed E-state index contributed by atoms with van der Waals surface area (Å²) in [5.74, 6) is -0.372. The van der Waals surface area contributed by atoms with E-state index in [-0.39, 0.29) is 30.8 Å². The van der Waals surface area contributed by atoms with E-state index in [2.05, 4.69) is 0 Å². The zero-order chi connectivity index (χ0) is 24.0. The molecule has 0 amide bonds. The smallest absolute Gasteiger partial charge is 0.374 e. The molecule has 3 aromatic rings. The first-order valence-electron chi connectivity index (χ1n) is 10.5. The molecule has 1 aromatic heterocycles. The van der Waals surface area contributed by atoms with Gasteiger partial charge in [-0.3, -0.25) is 4.79 Å². The van der Waals surface area contributed by atoms with Gasteiger partial charge in [-0.1, -0.05) is 6.07 Å². The van der Waals surface area contributed by atoms with E-state index in [0.29, 0.717) is 35.5 Å². The maximum absolute atomic E-state index is 11.7. The molecule has 1 unspecified atom stereocenters. The summed E-state index contributed by atoms with van der Waals surface area (Å²) in [6, 6.07) is 11.3. The van der Waals surface area contributed by atoms with Crippen molar-refractivity contribution in [3.05, 3.63) is 64.0 Å². The first-order chi connectivity index (χ1) is 15.8. The number of esters is 2. The summed E-state index contributed by atoms with van der Waals surface area (Å²) < 4.78 is 20.5. The summed E-state index contributed by atoms with van der Waals surface area (Å²) in [7, 11) is 0. The van der Waals surface area contributed by atoms with Crippen LogP contribution in [0.2, 0.25) is 0 Å². The highest BCUT2D eigenvalue weighted by molar-refractivity contribution is 5.89. The Morgan fingerprint density at radius 1 is 1.03 bits per heavy atom. The zero-order valence-corrected chi connectivity index (χ0v) is 18.5. The van der Waals surface area contributed by atoms with Gasteiger partial charge in [0.25, 0.3) is 0 Å². The molecular weight excluding hydrogens is 428 g/mol. The predicted octanol–water partition coefficient (Wildman–Crippen LogP) is 3.32. The molecule has 0 fully saturated rings. The Kier molecular flexibility index (Phi) is 7.55. The van der Waals surface area contributed by atoms with Gasteiger partial charge >= 0.3 is 11.9 Å². The topological polar surface area (TPSA) is 144 Å². The number of fused-ring (bicyclic) bond motifs is 2. The molecule has 1 aliphatic rings. The summed E-state index contributed by atoms with van der Waals surface area (Å²) in [6.45, 7) is 4.06. The second kappa shape index (κ2) is 10.5. The number of nitrogens with two attached hydrogens (primary N) is 2. The van der Waals surface area contributed by atoms with Crippen LogP contribution in [0.3, 0.4) is 0 Å². The summed E-state index contributed by atoms with van der Waals surface area (Å²) in [4.78, 5) is 34.7. The third-order valence-corrected chi connectivity index (χ3v) is 4.82. The van der Waals surface area contributed by atoms with Gasteiger partial charge < -0.3 is 30.1 Å². The van der Waals surface area contributed by atoms with E-state index in [1.54, 1.807) is 32.0 Å². The number of hydrogen-bond donors (Lipinski definition) is 2. The van der Waals surface area contributed by atoms with Gasteiger partial charge in [-0.15, -0.1) is 0 Å². The van der Waals surface area contributed by atoms with Crippen molar-refractivity contribution in [1.82, 2.24) is 0 Å². The average molecular weight is 456 g/mol. The van der Waals surface area contributed by atoms with Crippen LogP contribution in [0.5, 0.6) is 5.75 Å². The van der Waals surface area contributed by atoms with E-state index in [1.165, 1.54) is 6.07 Å². The Labute approximate surface area is 191 Å². The molecule has 0 radical (unpaired) electrons. The molecule has 0 spiro atoms. The number of benzene rings is 2. The second-order valence-electron chi connectivity index (χ2n) is 7.22. The average Bonchev–Trinajstić information content (AvgIpc) is 2.79. The highest BCUT2D eigenvalue weighted by atomic mass is 16.6. The lowest BCUT2D eigenvalue weighted by atomic mass is 10.0. The summed E-state index contributed by atoms with van der Waals surface area (Å²) in [5.41, 5.74) is 13.4. The molecule has 1 atom stereocenters. The Bertz CT molecular complexity index is 1230. The number of carbonyl (C=O) groups is 2. The molecule has 2 heterocycles. The number of ether oxygens (including phenoxy) is 3. The third kappa shape index (κ3) is 5.82. The Hall–Kier alpha value is -4.01. The minimum atomic E-state index is -0.658. The maximum Gasteiger partial charge on any atom is 0.374 e. The Morgan fingerprint density at radius 2 is 1.73 bits per heavy atom. The van der Waals surface area contributed by atoms with E-state index in [4.69, 9.17) is 30.1 Å². The maximum atomic E-state index is 11.7. The van der Waals surface area contributed by atoms with Crippen molar-refractivity contribution in [2.24, 2.45) is 0 Å². The number of hydrogen-bond acceptors (Lipinski definition) is 9. The van der Waals surface area contributed by atoms with Crippen LogP contribution < -0.4 is 21.6 Å². The van der Waals surface area contributed by atoms with Gasteiger partial charge in [0.1, 0.15) is 11.3 Å². The molecule has 9 heteroatoms. The van der Waals surface area contributed by atoms with Crippen molar-refractivity contribution in [3.8, 4) is 5.75 Å². The van der Waals surface area contributed by atoms with Gasteiger partial charge in [-0.25, -0.2) is 9.59 Å². The molecule has 176 valence electrons. The summed E-state index contributed by atoms with van der Waals surface area (Å²) in [6.07, 6.45) is 0.990. The number of aryl methyl sites for hydroxylation is 1. The number of carbonyl (C=O) groups excluding carboxylic acids is 2. The first kappa shape index (κ1) is 23.6. The molecule has 0 saturated heterocycles. The lowest BCUT2D eigenvalue weighted by Gasteiger charge is -2.24. The Balaban J connectivity index is 0.000000234. The molecule has 0 bridgehead atoms. The van der Waals surface area contributed by atoms with Crippen LogP contribution in [0.1, 0.15) is 37.8 Å². The minimum Gasteiger partial charge on any atom is -0.478 e. The third-order valence-electron chi connectivity index (χ3n) is 4.82. The fourth-order valence-corrected chi connectivity index (χ4v) is 3.26. The molecule has 2 aromatic carbocycles. The quantitative estimate of drug-likeness (QED) is 0.446. The van der Waals surface area contributed by atoms with Crippen molar-refractivity contribution in [2.75, 3.05) is 24.7 Å². The van der Waals surface area contributed by atoms with Crippen molar-refractivity contribution < 1.29 is 29.6 Å². The normalized spacial score (nSPS) is 14.3. The minimum absolute atomic E-state index is 0. The lowest BCUT2D eigenvalue weighted by Crippen LogP contribution is -2.32. The molecule has 0 saturated carbocycles. The predicted molar refractivity (Wildman–Crippen MR) is 125 cm³/mol. The van der Waals surface area contributed by atoms with Crippen LogP contribution in [-0.2, 0) is 20.7 Å². The van der Waals surface area contributed by atoms with Gasteiger partial charge in [-0.2, -0.15) is 0 Å². The molecule has 4 rings (SSSR count). The molecule has 9 nitrogen and oxygen atoms in total. The fraction of sp³-hybridized carbons (Fsp3) is 0.292. The monoisotopic (exact) mass is 456 g/mol. The first-order valence-corrected chi connectivity index (χ1v) is 10.5. The van der Waals surface area contributed by atoms with Gasteiger partial charge in [-0.05, 0) is 50.5 Å². The van der Waals surface area contributed by atoms with Crippen molar-refractivity contribution in [2.45, 2.75) is 32.8 Å². The summed E-state index contributed by atoms with van der Waals surface area (Å²) >= 11 is 0. The highest BCUT2D eigenvalue weighted by Gasteiger charge is 2.27. The van der Waals surface area contributed by atoms with Gasteiger partial charge in [0.05, 0.1) is 18.6 Å². The number of rotatable bonds is 4. The van der Waals surface area contributed by atoms with Crippen LogP contribution >= 0.6 is 0 Å². The Morgan fingerprint density at radius 3 is 2.45 bits per heavy atom. The lowest BCUT2D eigenvalue weighted by molar-refractivity contribution is -0.152. The highest BCUT2D eigenvalue weighted by Crippen LogP contribution is 2.29. The van der Waals surface area contributed by atoms with E-state index in [1.807, 2.05) is 12.1 Å². The molecule has 4 N–H and O–H groups in total. The van der Waals surface area contributed by atoms with Crippen molar-refractivity contribution in [3.63, 3.8) is 0 Å². The fourth-order valence-electron chi connectivity index (χ4n) is 3.26. The molecule has 33 heavy (non-hydrogen) atoms. The van der Waals surface area contributed by atoms with Gasteiger partial charge in [0, 0.05) is 31.0 Å². The van der Waals surface area contributed by atoms with Gasteiger partial charge in [0.2, 0.25) is 5.76 Å². The van der Waals surface area contributed by atoms with Crippen LogP contribution in [0, 0.1) is 0 Å². The molecule has 1 aliphatic heterocycles. The van der Waals surface area contributed by atoms with Crippen LogP contribution in [0.25, 0.3) is 11.0 Å². The number of nitrogen functional groups attached to an aromatic ring is 2. The SMILES string of the molecule is CCOC(=O)C1CCc2ccc(N)cc2O1.CCOC(=O)c1cc(=O)c2ccc(N)cc2o1.[HH]. The standard InChI is InChI=1S/C12H11NO4.C12H15NO3.H2/c1-2-16-12(15)11-6-9(14)8-4-3-7(13)5-10(8)17-11;1-2-15-12(14)10-6-4-8-3-5-9(13)7-11(8)16-10;/h3-6H,2,13H2,1H3;3,5,7,10H,2,4,6,13H2,1H3;1H. The van der Waals surface area contributed by atoms with E-state index in [0.717, 1.165) is 18.1 Å². The van der Waals surface area contributed by atoms with Crippen LogP contribution in [-0.4, -0.2) is 31.3 Å². The van der Waals surface area contributed by atoms with E-state index < -0.39 is 12.1 Å². The van der Waals surface area contributed by atoms with E-state index in [9.17, 15) is 14.4 Å². The molecule has 0 aliphatic carbocycles. The zero-order valence-electron chi connectivity index (χ0n) is 18.5. The van der Waals surface area contributed by atoms with Crippen LogP contribution in [0.4, 0.5) is 11.4 Å². The molecular formula is C24H28N2O7.